The van der Waals surface area contributed by atoms with Gasteiger partial charge in [-0.3, -0.25) is 9.59 Å². The van der Waals surface area contributed by atoms with Gasteiger partial charge in [-0.15, -0.1) is 0 Å². The van der Waals surface area contributed by atoms with Gasteiger partial charge in [0.25, 0.3) is 5.91 Å². The van der Waals surface area contributed by atoms with E-state index in [0.717, 1.165) is 49.9 Å². The molecule has 0 aromatic heterocycles. The van der Waals surface area contributed by atoms with Crippen molar-refractivity contribution in [3.8, 4) is 0 Å². The van der Waals surface area contributed by atoms with Gasteiger partial charge in [-0.2, -0.15) is 0 Å². The van der Waals surface area contributed by atoms with Crippen LogP contribution in [0.5, 0.6) is 0 Å². The molecule has 4 nitrogen and oxygen atoms in total. The summed E-state index contributed by atoms with van der Waals surface area (Å²) in [6, 6.07) is 16.6. The van der Waals surface area contributed by atoms with E-state index in [1.165, 1.54) is 11.1 Å². The summed E-state index contributed by atoms with van der Waals surface area (Å²) in [6.45, 7) is 5.93. The molecule has 0 bridgehead atoms. The van der Waals surface area contributed by atoms with E-state index in [-0.39, 0.29) is 11.8 Å². The topological polar surface area (TPSA) is 49.4 Å². The highest BCUT2D eigenvalue weighted by Crippen LogP contribution is 2.23. The molecule has 2 aromatic rings. The standard InChI is InChI=1S/C24H30N2O2/c1-18-4-3-5-23(16-18)24(28)26-14-11-22(12-15-26)17-21-8-6-20(7-9-21)10-13-25-19(2)27/h3-9,16,22H,10-15,17H2,1-2H3,(H,25,27). The molecule has 0 aliphatic carbocycles. The molecule has 0 saturated carbocycles. The molecule has 2 amide bonds. The van der Waals surface area contributed by atoms with Crippen LogP contribution < -0.4 is 5.32 Å². The van der Waals surface area contributed by atoms with Crippen molar-refractivity contribution >= 4 is 11.8 Å². The normalized spacial score (nSPS) is 14.7. The number of rotatable bonds is 6. The Hall–Kier alpha value is -2.62. The van der Waals surface area contributed by atoms with Crippen LogP contribution >= 0.6 is 0 Å². The van der Waals surface area contributed by atoms with Crippen molar-refractivity contribution in [1.82, 2.24) is 10.2 Å². The number of likely N-dealkylation sites (tertiary alicyclic amines) is 1. The molecule has 1 heterocycles. The molecular weight excluding hydrogens is 348 g/mol. The first kappa shape index (κ1) is 20.1. The summed E-state index contributed by atoms with van der Waals surface area (Å²) in [7, 11) is 0. The second kappa shape index (κ2) is 9.54. The van der Waals surface area contributed by atoms with Gasteiger partial charge in [0.05, 0.1) is 0 Å². The van der Waals surface area contributed by atoms with Crippen LogP contribution in [-0.2, 0) is 17.6 Å². The number of carbonyl (C=O) groups is 2. The van der Waals surface area contributed by atoms with E-state index in [0.29, 0.717) is 12.5 Å². The summed E-state index contributed by atoms with van der Waals surface area (Å²) in [5.41, 5.74) is 4.53. The minimum atomic E-state index is 0.0174. The largest absolute Gasteiger partial charge is 0.356 e. The molecule has 1 N–H and O–H groups in total. The zero-order valence-electron chi connectivity index (χ0n) is 16.9. The van der Waals surface area contributed by atoms with Gasteiger partial charge in [-0.05, 0) is 61.8 Å². The van der Waals surface area contributed by atoms with Crippen molar-refractivity contribution in [1.29, 1.82) is 0 Å². The lowest BCUT2D eigenvalue weighted by molar-refractivity contribution is -0.118. The van der Waals surface area contributed by atoms with Crippen molar-refractivity contribution in [3.05, 3.63) is 70.8 Å². The van der Waals surface area contributed by atoms with E-state index in [4.69, 9.17) is 0 Å². The molecule has 1 fully saturated rings. The highest BCUT2D eigenvalue weighted by molar-refractivity contribution is 5.94. The Labute approximate surface area is 167 Å². The van der Waals surface area contributed by atoms with Crippen LogP contribution in [0.15, 0.2) is 48.5 Å². The van der Waals surface area contributed by atoms with Crippen molar-refractivity contribution in [2.75, 3.05) is 19.6 Å². The molecule has 4 heteroatoms. The molecule has 148 valence electrons. The second-order valence-corrected chi connectivity index (χ2v) is 7.86. The smallest absolute Gasteiger partial charge is 0.253 e. The zero-order chi connectivity index (χ0) is 19.9. The van der Waals surface area contributed by atoms with Crippen molar-refractivity contribution in [2.45, 2.75) is 39.5 Å². The van der Waals surface area contributed by atoms with Crippen LogP contribution in [0.2, 0.25) is 0 Å². The van der Waals surface area contributed by atoms with Gasteiger partial charge >= 0.3 is 0 Å². The van der Waals surface area contributed by atoms with Gasteiger partial charge in [-0.25, -0.2) is 0 Å². The van der Waals surface area contributed by atoms with Crippen LogP contribution in [0.1, 0.15) is 46.8 Å². The number of amides is 2. The fourth-order valence-electron chi connectivity index (χ4n) is 3.86. The van der Waals surface area contributed by atoms with E-state index in [9.17, 15) is 9.59 Å². The van der Waals surface area contributed by atoms with Crippen LogP contribution in [-0.4, -0.2) is 36.3 Å². The summed E-state index contributed by atoms with van der Waals surface area (Å²) in [4.78, 5) is 25.6. The maximum Gasteiger partial charge on any atom is 0.253 e. The first-order valence-electron chi connectivity index (χ1n) is 10.2. The number of hydrogen-bond donors (Lipinski definition) is 1. The fourth-order valence-corrected chi connectivity index (χ4v) is 3.86. The van der Waals surface area contributed by atoms with E-state index in [1.54, 1.807) is 6.92 Å². The summed E-state index contributed by atoms with van der Waals surface area (Å²) in [5.74, 6) is 0.807. The van der Waals surface area contributed by atoms with Gasteiger partial charge in [0.2, 0.25) is 5.91 Å². The van der Waals surface area contributed by atoms with Gasteiger partial charge < -0.3 is 10.2 Å². The van der Waals surface area contributed by atoms with Gasteiger partial charge in [0.15, 0.2) is 0 Å². The quantitative estimate of drug-likeness (QED) is 0.832. The molecule has 0 radical (unpaired) electrons. The number of aryl methyl sites for hydroxylation is 1. The van der Waals surface area contributed by atoms with Crippen molar-refractivity contribution in [3.63, 3.8) is 0 Å². The van der Waals surface area contributed by atoms with E-state index in [2.05, 4.69) is 29.6 Å². The van der Waals surface area contributed by atoms with Crippen LogP contribution in [0.25, 0.3) is 0 Å². The number of hydrogen-bond acceptors (Lipinski definition) is 2. The average molecular weight is 379 g/mol. The zero-order valence-corrected chi connectivity index (χ0v) is 16.9. The Morgan fingerprint density at radius 1 is 1.04 bits per heavy atom. The van der Waals surface area contributed by atoms with Crippen molar-refractivity contribution < 1.29 is 9.59 Å². The maximum absolute atomic E-state index is 12.7. The predicted octanol–water partition coefficient (Wildman–Crippen LogP) is 3.77. The number of benzene rings is 2. The molecule has 0 spiro atoms. The molecule has 1 aliphatic rings. The first-order chi connectivity index (χ1) is 13.5. The molecule has 1 saturated heterocycles. The van der Waals surface area contributed by atoms with Gasteiger partial charge in [-0.1, -0.05) is 42.0 Å². The van der Waals surface area contributed by atoms with E-state index >= 15 is 0 Å². The maximum atomic E-state index is 12.7. The van der Waals surface area contributed by atoms with Gasteiger partial charge in [0, 0.05) is 32.1 Å². The third-order valence-electron chi connectivity index (χ3n) is 5.50. The molecule has 3 rings (SSSR count). The number of piperidine rings is 1. The Balaban J connectivity index is 1.46. The van der Waals surface area contributed by atoms with Crippen LogP contribution in [0, 0.1) is 12.8 Å². The highest BCUT2D eigenvalue weighted by Gasteiger charge is 2.23. The summed E-state index contributed by atoms with van der Waals surface area (Å²) in [5, 5.41) is 2.83. The number of nitrogens with one attached hydrogen (secondary N) is 1. The van der Waals surface area contributed by atoms with E-state index in [1.807, 2.05) is 36.1 Å². The minimum absolute atomic E-state index is 0.0174. The summed E-state index contributed by atoms with van der Waals surface area (Å²) < 4.78 is 0. The SMILES string of the molecule is CC(=O)NCCc1ccc(CC2CCN(C(=O)c3cccc(C)c3)CC2)cc1. The molecular formula is C24H30N2O2. The predicted molar refractivity (Wildman–Crippen MR) is 112 cm³/mol. The Bertz CT molecular complexity index is 806. The minimum Gasteiger partial charge on any atom is -0.356 e. The highest BCUT2D eigenvalue weighted by atomic mass is 16.2. The lowest BCUT2D eigenvalue weighted by Crippen LogP contribution is -2.38. The third kappa shape index (κ3) is 5.69. The molecule has 28 heavy (non-hydrogen) atoms. The first-order valence-corrected chi connectivity index (χ1v) is 10.2. The van der Waals surface area contributed by atoms with Crippen molar-refractivity contribution in [2.24, 2.45) is 5.92 Å². The van der Waals surface area contributed by atoms with E-state index < -0.39 is 0 Å². The van der Waals surface area contributed by atoms with Crippen LogP contribution in [0.4, 0.5) is 0 Å². The Kier molecular flexibility index (Phi) is 6.85. The monoisotopic (exact) mass is 378 g/mol. The molecule has 0 unspecified atom stereocenters. The molecule has 0 atom stereocenters. The molecule has 1 aliphatic heterocycles. The lowest BCUT2D eigenvalue weighted by Gasteiger charge is -2.32. The third-order valence-corrected chi connectivity index (χ3v) is 5.50. The average Bonchev–Trinajstić information content (AvgIpc) is 2.69. The number of carbonyl (C=O) groups excluding carboxylic acids is 2. The lowest BCUT2D eigenvalue weighted by atomic mass is 9.89. The Morgan fingerprint density at radius 3 is 2.36 bits per heavy atom. The summed E-state index contributed by atoms with van der Waals surface area (Å²) >= 11 is 0. The molecule has 2 aromatic carbocycles. The fraction of sp³-hybridized carbons (Fsp3) is 0.417. The second-order valence-electron chi connectivity index (χ2n) is 7.86. The Morgan fingerprint density at radius 2 is 1.71 bits per heavy atom. The van der Waals surface area contributed by atoms with Gasteiger partial charge in [0.1, 0.15) is 0 Å². The number of nitrogens with zero attached hydrogens (tertiary/aromatic N) is 1. The summed E-state index contributed by atoms with van der Waals surface area (Å²) in [6.07, 6.45) is 4.04. The van der Waals surface area contributed by atoms with Crippen LogP contribution in [0.3, 0.4) is 0 Å².